The lowest BCUT2D eigenvalue weighted by Crippen LogP contribution is -2.43. The highest BCUT2D eigenvalue weighted by molar-refractivity contribution is 5.83. The maximum Gasteiger partial charge on any atom is 0.230 e. The van der Waals surface area contributed by atoms with Crippen LogP contribution in [0.1, 0.15) is 60.2 Å². The van der Waals surface area contributed by atoms with Crippen molar-refractivity contribution in [1.29, 1.82) is 0 Å². The van der Waals surface area contributed by atoms with E-state index in [4.69, 9.17) is 4.42 Å². The van der Waals surface area contributed by atoms with E-state index >= 15 is 0 Å². The van der Waals surface area contributed by atoms with Crippen LogP contribution in [-0.4, -0.2) is 33.7 Å². The van der Waals surface area contributed by atoms with Crippen LogP contribution in [0.2, 0.25) is 0 Å². The van der Waals surface area contributed by atoms with Gasteiger partial charge in [-0.05, 0) is 59.6 Å². The van der Waals surface area contributed by atoms with Gasteiger partial charge in [-0.1, -0.05) is 0 Å². The fourth-order valence-corrected chi connectivity index (χ4v) is 3.86. The second-order valence-electron chi connectivity index (χ2n) is 7.04. The summed E-state index contributed by atoms with van der Waals surface area (Å²) >= 11 is 0. The lowest BCUT2D eigenvalue weighted by molar-refractivity contribution is -0.134. The molecule has 2 atom stereocenters. The molecule has 1 saturated heterocycles. The molecule has 0 bridgehead atoms. The van der Waals surface area contributed by atoms with Crippen LogP contribution in [-0.2, 0) is 4.79 Å². The number of furan rings is 1. The zero-order valence-electron chi connectivity index (χ0n) is 15.3. The highest BCUT2D eigenvalue weighted by atomic mass is 16.3. The Morgan fingerprint density at radius 2 is 2.04 bits per heavy atom. The number of carbonyl (C=O) groups excluding carboxylic acids is 1. The lowest BCUT2D eigenvalue weighted by Gasteiger charge is -2.35. The molecule has 3 heterocycles. The van der Waals surface area contributed by atoms with Crippen LogP contribution in [0.3, 0.4) is 0 Å². The Bertz CT molecular complexity index is 744. The molecule has 5 nitrogen and oxygen atoms in total. The number of likely N-dealkylation sites (tertiary alicyclic amines) is 1. The first-order valence-electron chi connectivity index (χ1n) is 8.75. The SMILES string of the molecule is Cc1cc(C)n(C2CCCN(C(=O)C(C)c3cc(C)oc3C)C2)n1. The van der Waals surface area contributed by atoms with Crippen molar-refractivity contribution < 1.29 is 9.21 Å². The summed E-state index contributed by atoms with van der Waals surface area (Å²) < 4.78 is 7.69. The van der Waals surface area contributed by atoms with E-state index in [0.29, 0.717) is 0 Å². The van der Waals surface area contributed by atoms with Gasteiger partial charge in [0, 0.05) is 24.3 Å². The minimum atomic E-state index is -0.165. The molecule has 1 aliphatic heterocycles. The third-order valence-electron chi connectivity index (χ3n) is 5.01. The predicted octanol–water partition coefficient (Wildman–Crippen LogP) is 3.68. The van der Waals surface area contributed by atoms with Crippen LogP contribution >= 0.6 is 0 Å². The summed E-state index contributed by atoms with van der Waals surface area (Å²) in [6.07, 6.45) is 2.09. The minimum Gasteiger partial charge on any atom is -0.466 e. The van der Waals surface area contributed by atoms with E-state index in [1.807, 2.05) is 38.7 Å². The number of nitrogens with zero attached hydrogens (tertiary/aromatic N) is 3. The Labute approximate surface area is 143 Å². The fraction of sp³-hybridized carbons (Fsp3) is 0.579. The van der Waals surface area contributed by atoms with E-state index in [0.717, 1.165) is 48.7 Å². The molecular weight excluding hydrogens is 302 g/mol. The van der Waals surface area contributed by atoms with Crippen LogP contribution < -0.4 is 0 Å². The molecule has 0 saturated carbocycles. The molecule has 0 N–H and O–H groups in total. The molecule has 0 radical (unpaired) electrons. The molecule has 1 aliphatic rings. The first-order valence-corrected chi connectivity index (χ1v) is 8.75. The van der Waals surface area contributed by atoms with E-state index in [1.165, 1.54) is 5.69 Å². The highest BCUT2D eigenvalue weighted by Crippen LogP contribution is 2.28. The van der Waals surface area contributed by atoms with E-state index in [9.17, 15) is 4.79 Å². The zero-order valence-corrected chi connectivity index (χ0v) is 15.3. The van der Waals surface area contributed by atoms with Crippen LogP contribution in [0.25, 0.3) is 0 Å². The van der Waals surface area contributed by atoms with Crippen LogP contribution in [0, 0.1) is 27.7 Å². The number of hydrogen-bond acceptors (Lipinski definition) is 3. The molecule has 2 aromatic rings. The molecule has 24 heavy (non-hydrogen) atoms. The van der Waals surface area contributed by atoms with Gasteiger partial charge in [0.1, 0.15) is 11.5 Å². The van der Waals surface area contributed by atoms with Gasteiger partial charge >= 0.3 is 0 Å². The second-order valence-corrected chi connectivity index (χ2v) is 7.04. The monoisotopic (exact) mass is 329 g/mol. The van der Waals surface area contributed by atoms with Crippen molar-refractivity contribution in [1.82, 2.24) is 14.7 Å². The largest absolute Gasteiger partial charge is 0.466 e. The van der Waals surface area contributed by atoms with Crippen molar-refractivity contribution >= 4 is 5.91 Å². The van der Waals surface area contributed by atoms with Gasteiger partial charge < -0.3 is 9.32 Å². The second kappa shape index (κ2) is 6.46. The molecule has 3 rings (SSSR count). The number of piperidine rings is 1. The number of aryl methyl sites for hydroxylation is 4. The van der Waals surface area contributed by atoms with Crippen LogP contribution in [0.15, 0.2) is 16.5 Å². The molecule has 1 amide bonds. The van der Waals surface area contributed by atoms with Gasteiger partial charge in [0.2, 0.25) is 5.91 Å². The maximum absolute atomic E-state index is 13.0. The quantitative estimate of drug-likeness (QED) is 0.863. The first-order chi connectivity index (χ1) is 11.4. The van der Waals surface area contributed by atoms with Gasteiger partial charge in [-0.2, -0.15) is 5.10 Å². The molecular formula is C19H27N3O2. The fourth-order valence-electron chi connectivity index (χ4n) is 3.86. The average molecular weight is 329 g/mol. The van der Waals surface area contributed by atoms with E-state index in [2.05, 4.69) is 22.8 Å². The summed E-state index contributed by atoms with van der Waals surface area (Å²) in [5.41, 5.74) is 3.21. The summed E-state index contributed by atoms with van der Waals surface area (Å²) in [7, 11) is 0. The molecule has 0 aliphatic carbocycles. The molecule has 2 unspecified atom stereocenters. The zero-order chi connectivity index (χ0) is 17.4. The first kappa shape index (κ1) is 16.8. The van der Waals surface area contributed by atoms with Gasteiger partial charge in [0.15, 0.2) is 0 Å². The molecule has 0 aromatic carbocycles. The smallest absolute Gasteiger partial charge is 0.230 e. The Morgan fingerprint density at radius 1 is 1.29 bits per heavy atom. The van der Waals surface area contributed by atoms with Crippen molar-refractivity contribution in [3.8, 4) is 0 Å². The molecule has 5 heteroatoms. The van der Waals surface area contributed by atoms with E-state index in [-0.39, 0.29) is 17.9 Å². The van der Waals surface area contributed by atoms with Gasteiger partial charge in [0.05, 0.1) is 17.7 Å². The van der Waals surface area contributed by atoms with Crippen molar-refractivity contribution in [2.24, 2.45) is 0 Å². The Morgan fingerprint density at radius 3 is 2.62 bits per heavy atom. The molecule has 130 valence electrons. The minimum absolute atomic E-state index is 0.165. The van der Waals surface area contributed by atoms with Crippen molar-refractivity contribution in [3.05, 3.63) is 40.6 Å². The molecule has 1 fully saturated rings. The standard InChI is InChI=1S/C19H27N3O2/c1-12-9-13(2)22(20-12)17-7-6-8-21(11-17)19(23)15(4)18-10-14(3)24-16(18)5/h9-10,15,17H,6-8,11H2,1-5H3. The number of carbonyl (C=O) groups is 1. The number of hydrogen-bond donors (Lipinski definition) is 0. The lowest BCUT2D eigenvalue weighted by atomic mass is 9.97. The third-order valence-corrected chi connectivity index (χ3v) is 5.01. The van der Waals surface area contributed by atoms with Crippen LogP contribution in [0.4, 0.5) is 0 Å². The Balaban J connectivity index is 1.75. The predicted molar refractivity (Wildman–Crippen MR) is 93.1 cm³/mol. The maximum atomic E-state index is 13.0. The third kappa shape index (κ3) is 3.12. The Hall–Kier alpha value is -2.04. The molecule has 0 spiro atoms. The summed E-state index contributed by atoms with van der Waals surface area (Å²) in [5, 5.41) is 4.61. The molecule has 2 aromatic heterocycles. The van der Waals surface area contributed by atoms with Crippen molar-refractivity contribution in [2.45, 2.75) is 59.4 Å². The van der Waals surface area contributed by atoms with Crippen LogP contribution in [0.5, 0.6) is 0 Å². The van der Waals surface area contributed by atoms with Gasteiger partial charge in [-0.3, -0.25) is 9.48 Å². The Kier molecular flexibility index (Phi) is 4.52. The summed E-state index contributed by atoms with van der Waals surface area (Å²) in [5.74, 6) is 1.73. The van der Waals surface area contributed by atoms with Crippen molar-refractivity contribution in [3.63, 3.8) is 0 Å². The summed E-state index contributed by atoms with van der Waals surface area (Å²) in [6, 6.07) is 4.36. The number of rotatable bonds is 3. The summed E-state index contributed by atoms with van der Waals surface area (Å²) in [6.45, 7) is 11.5. The van der Waals surface area contributed by atoms with E-state index in [1.54, 1.807) is 0 Å². The topological polar surface area (TPSA) is 51.3 Å². The normalized spacial score (nSPS) is 19.5. The average Bonchev–Trinajstić information content (AvgIpc) is 3.06. The number of amides is 1. The highest BCUT2D eigenvalue weighted by Gasteiger charge is 2.30. The summed E-state index contributed by atoms with van der Waals surface area (Å²) in [4.78, 5) is 15.0. The number of aromatic nitrogens is 2. The van der Waals surface area contributed by atoms with Gasteiger partial charge in [-0.15, -0.1) is 0 Å². The van der Waals surface area contributed by atoms with Gasteiger partial charge in [-0.25, -0.2) is 0 Å². The van der Waals surface area contributed by atoms with Crippen molar-refractivity contribution in [2.75, 3.05) is 13.1 Å². The van der Waals surface area contributed by atoms with Gasteiger partial charge in [0.25, 0.3) is 0 Å². The van der Waals surface area contributed by atoms with E-state index < -0.39 is 0 Å².